The first-order valence-electron chi connectivity index (χ1n) is 5.44. The van der Waals surface area contributed by atoms with Gasteiger partial charge in [-0.25, -0.2) is 4.39 Å². The maximum absolute atomic E-state index is 12.8. The average molecular weight is 243 g/mol. The van der Waals surface area contributed by atoms with Crippen LogP contribution in [0.15, 0.2) is 35.9 Å². The minimum Gasteiger partial charge on any atom is -0.501 e. The number of hydrogen-bond donors (Lipinski definition) is 1. The summed E-state index contributed by atoms with van der Waals surface area (Å²) in [5, 5.41) is 2.39. The molecule has 3 nitrogen and oxygen atoms in total. The Balaban J connectivity index is 0. The highest BCUT2D eigenvalue weighted by Gasteiger charge is 2.10. The molecule has 0 bridgehead atoms. The first kappa shape index (κ1) is 17.8. The third-order valence-corrected chi connectivity index (χ3v) is 1.63. The first-order valence-corrected chi connectivity index (χ1v) is 5.44. The molecule has 0 saturated heterocycles. The van der Waals surface area contributed by atoms with Crippen molar-refractivity contribution in [3.05, 3.63) is 35.9 Å². The van der Waals surface area contributed by atoms with E-state index >= 15 is 0 Å². The number of ether oxygens (including phenoxy) is 1. The number of hydrogen-bond acceptors (Lipinski definition) is 2. The Morgan fingerprint density at radius 1 is 1.47 bits per heavy atom. The Morgan fingerprint density at radius 2 is 1.94 bits per heavy atom. The van der Waals surface area contributed by atoms with E-state index in [9.17, 15) is 9.18 Å². The smallest absolute Gasteiger partial charge is 0.254 e. The maximum Gasteiger partial charge on any atom is 0.254 e. The second-order valence-corrected chi connectivity index (χ2v) is 3.19. The highest BCUT2D eigenvalue weighted by atomic mass is 19.1. The number of carbonyl (C=O) groups is 1. The van der Waals surface area contributed by atoms with Gasteiger partial charge in [0.2, 0.25) is 0 Å². The zero-order valence-electron chi connectivity index (χ0n) is 11.3. The lowest BCUT2D eigenvalue weighted by molar-refractivity contribution is -0.116. The number of halogens is 1. The fraction of sp³-hybridized carbons (Fsp3) is 0.462. The van der Waals surface area contributed by atoms with Gasteiger partial charge in [-0.15, -0.1) is 0 Å². The van der Waals surface area contributed by atoms with Crippen LogP contribution in [0.4, 0.5) is 4.39 Å². The van der Waals surface area contributed by atoms with E-state index in [2.05, 4.69) is 25.7 Å². The predicted molar refractivity (Wildman–Crippen MR) is 69.1 cm³/mol. The Labute approximate surface area is 103 Å². The molecular weight excluding hydrogens is 221 g/mol. The van der Waals surface area contributed by atoms with Gasteiger partial charge in [0, 0.05) is 7.05 Å². The maximum atomic E-state index is 12.8. The molecule has 0 unspecified atom stereocenters. The second kappa shape index (κ2) is 10.9. The lowest BCUT2D eigenvalue weighted by Gasteiger charge is -2.05. The Hall–Kier alpha value is -1.58. The van der Waals surface area contributed by atoms with Gasteiger partial charge in [-0.3, -0.25) is 4.79 Å². The normalized spacial score (nSPS) is 11.8. The quantitative estimate of drug-likeness (QED) is 0.468. The molecule has 0 spiro atoms. The molecule has 0 heterocycles. The van der Waals surface area contributed by atoms with E-state index < -0.39 is 11.7 Å². The summed E-state index contributed by atoms with van der Waals surface area (Å²) in [4.78, 5) is 11.3. The molecule has 0 aliphatic rings. The van der Waals surface area contributed by atoms with Crippen molar-refractivity contribution in [2.24, 2.45) is 0 Å². The molecule has 17 heavy (non-hydrogen) atoms. The molecule has 0 radical (unpaired) electrons. The Bertz CT molecular complexity index is 307. The van der Waals surface area contributed by atoms with Crippen molar-refractivity contribution in [1.29, 1.82) is 0 Å². The number of amides is 1. The monoisotopic (exact) mass is 243 g/mol. The van der Waals surface area contributed by atoms with E-state index in [4.69, 9.17) is 4.74 Å². The summed E-state index contributed by atoms with van der Waals surface area (Å²) in [7, 11) is 2.88. The third-order valence-electron chi connectivity index (χ3n) is 1.63. The van der Waals surface area contributed by atoms with Crippen LogP contribution in [0, 0.1) is 0 Å². The van der Waals surface area contributed by atoms with Gasteiger partial charge in [0.25, 0.3) is 5.91 Å². The first-order chi connectivity index (χ1) is 7.98. The van der Waals surface area contributed by atoms with E-state index in [1.165, 1.54) is 20.6 Å². The lowest BCUT2D eigenvalue weighted by Crippen LogP contribution is -2.20. The number of methoxy groups -OCH3 is 1. The van der Waals surface area contributed by atoms with Crippen LogP contribution in [0.5, 0.6) is 0 Å². The third kappa shape index (κ3) is 8.25. The fourth-order valence-electron chi connectivity index (χ4n) is 0.768. The molecule has 1 N–H and O–H groups in total. The molecule has 0 rings (SSSR count). The van der Waals surface area contributed by atoms with Crippen LogP contribution in [0.1, 0.15) is 27.2 Å². The molecule has 0 aliphatic carbocycles. The van der Waals surface area contributed by atoms with Crippen molar-refractivity contribution in [1.82, 2.24) is 5.32 Å². The predicted octanol–water partition coefficient (Wildman–Crippen LogP) is 3.11. The summed E-state index contributed by atoms with van der Waals surface area (Å²) in [6.07, 6.45) is 3.34. The summed E-state index contributed by atoms with van der Waals surface area (Å²) in [6, 6.07) is 0. The molecule has 4 heteroatoms. The van der Waals surface area contributed by atoms with E-state index in [1.54, 1.807) is 6.92 Å². The average Bonchev–Trinajstić information content (AvgIpc) is 2.34. The van der Waals surface area contributed by atoms with Crippen LogP contribution in [0.3, 0.4) is 0 Å². The van der Waals surface area contributed by atoms with Crippen molar-refractivity contribution in [2.45, 2.75) is 27.2 Å². The standard InChI is InChI=1S/C10H14FNO2.C3H8/c1-5-8(11)6-9(7(2)14-4)10(13)12-3;1-3-2/h5-6H,1H2,2-4H3,(H,12,13);3H2,1-2H3/b8-6+,9-7-;. The van der Waals surface area contributed by atoms with Crippen LogP contribution < -0.4 is 5.32 Å². The van der Waals surface area contributed by atoms with Gasteiger partial charge in [-0.1, -0.05) is 26.8 Å². The molecule has 1 amide bonds. The molecule has 0 aliphatic heterocycles. The van der Waals surface area contributed by atoms with E-state index in [0.29, 0.717) is 5.76 Å². The van der Waals surface area contributed by atoms with E-state index in [1.807, 2.05) is 0 Å². The summed E-state index contributed by atoms with van der Waals surface area (Å²) >= 11 is 0. The van der Waals surface area contributed by atoms with Crippen LogP contribution in [-0.2, 0) is 9.53 Å². The fourth-order valence-corrected chi connectivity index (χ4v) is 0.768. The van der Waals surface area contributed by atoms with Crippen molar-refractivity contribution < 1.29 is 13.9 Å². The zero-order chi connectivity index (χ0) is 13.8. The van der Waals surface area contributed by atoms with Crippen molar-refractivity contribution in [2.75, 3.05) is 14.2 Å². The molecular formula is C13H22FNO2. The summed E-state index contributed by atoms with van der Waals surface area (Å²) in [6.45, 7) is 9.08. The topological polar surface area (TPSA) is 38.3 Å². The van der Waals surface area contributed by atoms with Gasteiger partial charge in [-0.05, 0) is 19.1 Å². The minimum absolute atomic E-state index is 0.146. The van der Waals surface area contributed by atoms with Gasteiger partial charge >= 0.3 is 0 Å². The van der Waals surface area contributed by atoms with Crippen LogP contribution >= 0.6 is 0 Å². The zero-order valence-corrected chi connectivity index (χ0v) is 11.3. The van der Waals surface area contributed by atoms with Gasteiger partial charge in [0.05, 0.1) is 12.7 Å². The highest BCUT2D eigenvalue weighted by molar-refractivity contribution is 5.96. The molecule has 0 aromatic rings. The van der Waals surface area contributed by atoms with E-state index in [-0.39, 0.29) is 5.57 Å². The SMILES string of the molecule is C=C/C(F)=C\C(C(=O)NC)=C(/C)OC.CCC. The molecule has 98 valence electrons. The second-order valence-electron chi connectivity index (χ2n) is 3.19. The van der Waals surface area contributed by atoms with Crippen LogP contribution in [0.2, 0.25) is 0 Å². The molecule has 0 aromatic heterocycles. The number of likely N-dealkylation sites (N-methyl/N-ethyl adjacent to an activating group) is 1. The van der Waals surface area contributed by atoms with Crippen LogP contribution in [-0.4, -0.2) is 20.1 Å². The summed E-state index contributed by atoms with van der Waals surface area (Å²) in [5.74, 6) is -0.636. The van der Waals surface area contributed by atoms with Gasteiger partial charge < -0.3 is 10.1 Å². The molecule has 0 saturated carbocycles. The van der Waals surface area contributed by atoms with Gasteiger partial charge in [-0.2, -0.15) is 0 Å². The minimum atomic E-state index is -0.583. The van der Waals surface area contributed by atoms with Crippen LogP contribution in [0.25, 0.3) is 0 Å². The summed E-state index contributed by atoms with van der Waals surface area (Å²) in [5.41, 5.74) is 0.146. The Kier molecular flexibility index (Phi) is 11.4. The summed E-state index contributed by atoms with van der Waals surface area (Å²) < 4.78 is 17.7. The van der Waals surface area contributed by atoms with Crippen molar-refractivity contribution >= 4 is 5.91 Å². The van der Waals surface area contributed by atoms with Crippen molar-refractivity contribution in [3.63, 3.8) is 0 Å². The van der Waals surface area contributed by atoms with E-state index in [0.717, 1.165) is 12.2 Å². The molecule has 0 fully saturated rings. The molecule has 0 aromatic carbocycles. The number of nitrogens with one attached hydrogen (secondary N) is 1. The van der Waals surface area contributed by atoms with Gasteiger partial charge in [0.15, 0.2) is 0 Å². The number of carbonyl (C=O) groups excluding carboxylic acids is 1. The molecule has 0 atom stereocenters. The highest BCUT2D eigenvalue weighted by Crippen LogP contribution is 2.11. The Morgan fingerprint density at radius 3 is 2.24 bits per heavy atom. The van der Waals surface area contributed by atoms with Crippen molar-refractivity contribution in [3.8, 4) is 0 Å². The number of allylic oxidation sites excluding steroid dienone is 3. The largest absolute Gasteiger partial charge is 0.501 e. The van der Waals surface area contributed by atoms with Gasteiger partial charge in [0.1, 0.15) is 11.6 Å². The lowest BCUT2D eigenvalue weighted by atomic mass is 10.2. The number of rotatable bonds is 4.